The van der Waals surface area contributed by atoms with E-state index in [1.165, 1.54) is 25.3 Å². The van der Waals surface area contributed by atoms with Crippen molar-refractivity contribution in [3.8, 4) is 5.75 Å². The van der Waals surface area contributed by atoms with Crippen LogP contribution in [0.2, 0.25) is 0 Å². The van der Waals surface area contributed by atoms with Gasteiger partial charge in [-0.2, -0.15) is 0 Å². The first-order valence-corrected chi connectivity index (χ1v) is 6.02. The topological polar surface area (TPSA) is 64.3 Å². The summed E-state index contributed by atoms with van der Waals surface area (Å²) in [5, 5.41) is 2.66. The minimum absolute atomic E-state index is 0.0148. The normalized spacial score (nSPS) is 10.2. The lowest BCUT2D eigenvalue weighted by Crippen LogP contribution is -2.13. The number of nitrogens with two attached hydrogens (primary N) is 1. The number of amides is 1. The van der Waals surface area contributed by atoms with E-state index >= 15 is 0 Å². The Morgan fingerprint density at radius 2 is 2.00 bits per heavy atom. The quantitative estimate of drug-likeness (QED) is 0.846. The molecule has 0 unspecified atom stereocenters. The summed E-state index contributed by atoms with van der Waals surface area (Å²) >= 11 is 0. The number of benzene rings is 2. The van der Waals surface area contributed by atoms with E-state index in [-0.39, 0.29) is 11.6 Å². The number of methoxy groups -OCH3 is 1. The second-order valence-corrected chi connectivity index (χ2v) is 4.39. The summed E-state index contributed by atoms with van der Waals surface area (Å²) in [7, 11) is 1.50. The van der Waals surface area contributed by atoms with Crippen LogP contribution in [0.3, 0.4) is 0 Å². The van der Waals surface area contributed by atoms with Crippen molar-refractivity contribution >= 4 is 17.3 Å². The van der Waals surface area contributed by atoms with Gasteiger partial charge in [-0.25, -0.2) is 4.39 Å². The van der Waals surface area contributed by atoms with Crippen LogP contribution >= 0.6 is 0 Å². The summed E-state index contributed by atoms with van der Waals surface area (Å²) in [6, 6.07) is 9.33. The second-order valence-electron chi connectivity index (χ2n) is 4.39. The molecule has 0 aliphatic carbocycles. The van der Waals surface area contributed by atoms with E-state index in [4.69, 9.17) is 10.5 Å². The van der Waals surface area contributed by atoms with Gasteiger partial charge in [0, 0.05) is 5.69 Å². The van der Waals surface area contributed by atoms with E-state index in [2.05, 4.69) is 5.32 Å². The summed E-state index contributed by atoms with van der Waals surface area (Å²) < 4.78 is 18.2. The zero-order valence-electron chi connectivity index (χ0n) is 11.2. The molecule has 0 heterocycles. The van der Waals surface area contributed by atoms with Gasteiger partial charge in [-0.15, -0.1) is 0 Å². The third-order valence-electron chi connectivity index (χ3n) is 2.85. The monoisotopic (exact) mass is 274 g/mol. The molecule has 0 bridgehead atoms. The number of ether oxygens (including phenoxy) is 1. The highest BCUT2D eigenvalue weighted by atomic mass is 19.1. The predicted molar refractivity (Wildman–Crippen MR) is 76.5 cm³/mol. The van der Waals surface area contributed by atoms with E-state index in [0.717, 1.165) is 5.56 Å². The molecule has 104 valence electrons. The summed E-state index contributed by atoms with van der Waals surface area (Å²) in [6.45, 7) is 1.88. The number of nitrogen functional groups attached to an aromatic ring is 1. The summed E-state index contributed by atoms with van der Waals surface area (Å²) in [6.07, 6.45) is 0. The number of nitrogens with one attached hydrogen (secondary N) is 1. The summed E-state index contributed by atoms with van der Waals surface area (Å²) in [4.78, 5) is 12.2. The lowest BCUT2D eigenvalue weighted by atomic mass is 10.1. The number of carbonyl (C=O) groups excluding carboxylic acids is 1. The molecule has 2 rings (SSSR count). The standard InChI is InChI=1S/C15H15FN2O2/c1-9-3-6-14(20-2)11(7-9)15(19)18-10-4-5-12(16)13(17)8-10/h3-8H,17H2,1-2H3,(H,18,19). The highest BCUT2D eigenvalue weighted by Gasteiger charge is 2.13. The Bertz CT molecular complexity index is 656. The van der Waals surface area contributed by atoms with Crippen molar-refractivity contribution < 1.29 is 13.9 Å². The first kappa shape index (κ1) is 13.9. The molecule has 0 fully saturated rings. The molecule has 0 atom stereocenters. The minimum Gasteiger partial charge on any atom is -0.496 e. The van der Waals surface area contributed by atoms with Crippen molar-refractivity contribution in [2.75, 3.05) is 18.2 Å². The molecule has 2 aromatic carbocycles. The Labute approximate surface area is 116 Å². The van der Waals surface area contributed by atoms with Gasteiger partial charge in [0.05, 0.1) is 18.4 Å². The van der Waals surface area contributed by atoms with Crippen molar-refractivity contribution in [3.05, 3.63) is 53.3 Å². The van der Waals surface area contributed by atoms with Crippen LogP contribution in [0.4, 0.5) is 15.8 Å². The molecule has 20 heavy (non-hydrogen) atoms. The number of rotatable bonds is 3. The number of aryl methyl sites for hydroxylation is 1. The van der Waals surface area contributed by atoms with Crippen LogP contribution in [-0.2, 0) is 0 Å². The Morgan fingerprint density at radius 1 is 1.25 bits per heavy atom. The SMILES string of the molecule is COc1ccc(C)cc1C(=O)Nc1ccc(F)c(N)c1. The fraction of sp³-hybridized carbons (Fsp3) is 0.133. The molecule has 0 aliphatic heterocycles. The van der Waals surface area contributed by atoms with E-state index < -0.39 is 5.82 Å². The Balaban J connectivity index is 2.27. The molecule has 3 N–H and O–H groups in total. The number of hydrogen-bond donors (Lipinski definition) is 2. The fourth-order valence-corrected chi connectivity index (χ4v) is 1.82. The van der Waals surface area contributed by atoms with Gasteiger partial charge in [-0.3, -0.25) is 4.79 Å². The van der Waals surface area contributed by atoms with Gasteiger partial charge >= 0.3 is 0 Å². The number of hydrogen-bond acceptors (Lipinski definition) is 3. The molecular weight excluding hydrogens is 259 g/mol. The smallest absolute Gasteiger partial charge is 0.259 e. The Morgan fingerprint density at radius 3 is 2.65 bits per heavy atom. The molecule has 1 amide bonds. The maximum atomic E-state index is 13.1. The Hall–Kier alpha value is -2.56. The van der Waals surface area contributed by atoms with Crippen LogP contribution in [0, 0.1) is 12.7 Å². The zero-order valence-corrected chi connectivity index (χ0v) is 11.2. The highest BCUT2D eigenvalue weighted by molar-refractivity contribution is 6.06. The molecule has 0 spiro atoms. The molecule has 0 aromatic heterocycles. The molecule has 0 radical (unpaired) electrons. The first-order valence-electron chi connectivity index (χ1n) is 6.02. The van der Waals surface area contributed by atoms with Crippen molar-refractivity contribution in [1.82, 2.24) is 0 Å². The van der Waals surface area contributed by atoms with Crippen molar-refractivity contribution in [1.29, 1.82) is 0 Å². The van der Waals surface area contributed by atoms with Crippen molar-refractivity contribution in [3.63, 3.8) is 0 Å². The van der Waals surface area contributed by atoms with Gasteiger partial charge in [0.2, 0.25) is 0 Å². The van der Waals surface area contributed by atoms with E-state index in [1.54, 1.807) is 12.1 Å². The van der Waals surface area contributed by atoms with Gasteiger partial charge < -0.3 is 15.8 Å². The van der Waals surface area contributed by atoms with Crippen molar-refractivity contribution in [2.24, 2.45) is 0 Å². The van der Waals surface area contributed by atoms with Crippen LogP contribution in [0.1, 0.15) is 15.9 Å². The van der Waals surface area contributed by atoms with Crippen LogP contribution < -0.4 is 15.8 Å². The second kappa shape index (κ2) is 5.61. The van der Waals surface area contributed by atoms with Crippen LogP contribution in [0.15, 0.2) is 36.4 Å². The third kappa shape index (κ3) is 2.88. The lowest BCUT2D eigenvalue weighted by Gasteiger charge is -2.10. The van der Waals surface area contributed by atoms with Crippen LogP contribution in [0.5, 0.6) is 5.75 Å². The van der Waals surface area contributed by atoms with Gasteiger partial charge in [0.15, 0.2) is 0 Å². The van der Waals surface area contributed by atoms with E-state index in [9.17, 15) is 9.18 Å². The zero-order chi connectivity index (χ0) is 14.7. The average Bonchev–Trinajstić information content (AvgIpc) is 2.43. The summed E-state index contributed by atoms with van der Waals surface area (Å²) in [5.74, 6) is -0.379. The van der Waals surface area contributed by atoms with Gasteiger partial charge in [-0.1, -0.05) is 11.6 Å². The number of carbonyl (C=O) groups is 1. The van der Waals surface area contributed by atoms with Gasteiger partial charge in [0.1, 0.15) is 11.6 Å². The third-order valence-corrected chi connectivity index (χ3v) is 2.85. The molecule has 0 saturated carbocycles. The van der Waals surface area contributed by atoms with E-state index in [0.29, 0.717) is 17.0 Å². The van der Waals surface area contributed by atoms with Crippen LogP contribution in [0.25, 0.3) is 0 Å². The molecule has 5 heteroatoms. The molecule has 0 saturated heterocycles. The number of halogens is 1. The highest BCUT2D eigenvalue weighted by Crippen LogP contribution is 2.22. The molecule has 4 nitrogen and oxygen atoms in total. The largest absolute Gasteiger partial charge is 0.496 e. The minimum atomic E-state index is -0.517. The van der Waals surface area contributed by atoms with Gasteiger partial charge in [0.25, 0.3) is 5.91 Å². The lowest BCUT2D eigenvalue weighted by molar-refractivity contribution is 0.102. The number of anilines is 2. The molecular formula is C15H15FN2O2. The molecule has 2 aromatic rings. The Kier molecular flexibility index (Phi) is 3.89. The maximum absolute atomic E-state index is 13.1. The van der Waals surface area contributed by atoms with Crippen LogP contribution in [-0.4, -0.2) is 13.0 Å². The van der Waals surface area contributed by atoms with E-state index in [1.807, 2.05) is 13.0 Å². The summed E-state index contributed by atoms with van der Waals surface area (Å²) in [5.41, 5.74) is 7.23. The average molecular weight is 274 g/mol. The fourth-order valence-electron chi connectivity index (χ4n) is 1.82. The van der Waals surface area contributed by atoms with Crippen molar-refractivity contribution in [2.45, 2.75) is 6.92 Å². The predicted octanol–water partition coefficient (Wildman–Crippen LogP) is 2.98. The maximum Gasteiger partial charge on any atom is 0.259 e. The van der Waals surface area contributed by atoms with Gasteiger partial charge in [-0.05, 0) is 37.3 Å². The first-order chi connectivity index (χ1) is 9.51. The molecule has 0 aliphatic rings.